The van der Waals surface area contributed by atoms with Crippen molar-refractivity contribution >= 4 is 47.0 Å². The fourth-order valence-corrected chi connectivity index (χ4v) is 9.45. The molecule has 6 rings (SSSR count). The summed E-state index contributed by atoms with van der Waals surface area (Å²) < 4.78 is 11.0. The normalized spacial score (nSPS) is 18.9. The third kappa shape index (κ3) is 18.1. The summed E-state index contributed by atoms with van der Waals surface area (Å²) in [6, 6.07) is 35.0. The number of likely N-dealkylation sites (N-methyl/N-ethyl adjacent to an activating group) is 2. The molecule has 416 valence electrons. The SMILES string of the molecule is C=CC[C@H](C(=O)OC(C)(C)C)[C@@H](CC(C)C)C(=O)NC1NC(c2ccccc2)c2ccccc2N(C)C1=O.C=CC[C@H](C(=O)OC(C)(C)C)[C@@H](CC(C)C)C(=O)O.CN1C(=O)C(N)NC(c2ccccc2)c2ccccc21. The number of carbonyl (C=O) groups excluding carboxylic acids is 5. The van der Waals surface area contributed by atoms with E-state index in [9.17, 15) is 33.9 Å². The summed E-state index contributed by atoms with van der Waals surface area (Å²) in [6.45, 7) is 26.0. The lowest BCUT2D eigenvalue weighted by atomic mass is 9.82. The first-order chi connectivity index (χ1) is 36.2. The van der Waals surface area contributed by atoms with Gasteiger partial charge in [0, 0.05) is 25.5 Å². The number of carboxylic acid groups (broad SMARTS) is 1. The zero-order valence-corrected chi connectivity index (χ0v) is 47.2. The summed E-state index contributed by atoms with van der Waals surface area (Å²) >= 11 is 0. The van der Waals surface area contributed by atoms with Crippen molar-refractivity contribution in [2.75, 3.05) is 23.9 Å². The Morgan fingerprint density at radius 1 is 0.610 bits per heavy atom. The number of hydrogen-bond donors (Lipinski definition) is 5. The molecule has 0 bridgehead atoms. The molecule has 15 nitrogen and oxygen atoms in total. The van der Waals surface area contributed by atoms with E-state index in [2.05, 4.69) is 29.1 Å². The van der Waals surface area contributed by atoms with Crippen LogP contribution in [0.1, 0.15) is 129 Å². The molecule has 0 saturated carbocycles. The van der Waals surface area contributed by atoms with E-state index in [4.69, 9.17) is 15.2 Å². The van der Waals surface area contributed by atoms with Gasteiger partial charge in [0.1, 0.15) is 17.4 Å². The van der Waals surface area contributed by atoms with E-state index in [0.717, 1.165) is 33.6 Å². The number of esters is 2. The average Bonchev–Trinajstić information content (AvgIpc) is 3.53. The molecule has 6 N–H and O–H groups in total. The summed E-state index contributed by atoms with van der Waals surface area (Å²) in [5.74, 6) is -5.09. The number of fused-ring (bicyclic) bond motifs is 2. The molecule has 3 amide bonds. The molecule has 0 aromatic heterocycles. The van der Waals surface area contributed by atoms with E-state index in [1.807, 2.05) is 137 Å². The Bertz CT molecular complexity index is 2630. The van der Waals surface area contributed by atoms with Crippen molar-refractivity contribution in [3.8, 4) is 0 Å². The number of amides is 3. The Hall–Kier alpha value is -6.94. The topological polar surface area (TPSA) is 210 Å². The molecule has 0 spiro atoms. The van der Waals surface area contributed by atoms with Crippen molar-refractivity contribution in [3.63, 3.8) is 0 Å². The molecule has 4 aromatic rings. The molecule has 8 atom stereocenters. The van der Waals surface area contributed by atoms with Gasteiger partial charge in [-0.3, -0.25) is 39.4 Å². The van der Waals surface area contributed by atoms with Gasteiger partial charge in [-0.2, -0.15) is 0 Å². The summed E-state index contributed by atoms with van der Waals surface area (Å²) in [5, 5.41) is 18.9. The second-order valence-electron chi connectivity index (χ2n) is 22.5. The largest absolute Gasteiger partial charge is 0.481 e. The van der Waals surface area contributed by atoms with Crippen molar-refractivity contribution in [2.24, 2.45) is 41.2 Å². The first kappa shape index (κ1) is 62.6. The number of para-hydroxylation sites is 2. The molecule has 2 heterocycles. The number of aliphatic carboxylic acids is 1. The molecular weight excluding hydrogens is 973 g/mol. The van der Waals surface area contributed by atoms with E-state index in [-0.39, 0.29) is 41.6 Å². The molecule has 0 saturated heterocycles. The second kappa shape index (κ2) is 28.4. The monoisotopic (exact) mass is 1060 g/mol. The highest BCUT2D eigenvalue weighted by Gasteiger charge is 2.41. The maximum atomic E-state index is 13.8. The molecule has 15 heteroatoms. The van der Waals surface area contributed by atoms with Crippen LogP contribution < -0.4 is 31.5 Å². The number of nitrogens with zero attached hydrogens (tertiary/aromatic N) is 2. The van der Waals surface area contributed by atoms with E-state index < -0.39 is 65.1 Å². The van der Waals surface area contributed by atoms with Crippen LogP contribution in [-0.4, -0.2) is 78.4 Å². The third-order valence-electron chi connectivity index (χ3n) is 13.0. The number of allylic oxidation sites excluding steroid dienone is 2. The van der Waals surface area contributed by atoms with Crippen LogP contribution in [0.4, 0.5) is 11.4 Å². The molecule has 2 aliphatic rings. The third-order valence-corrected chi connectivity index (χ3v) is 13.0. The van der Waals surface area contributed by atoms with Crippen LogP contribution in [0.25, 0.3) is 0 Å². The average molecular weight is 1060 g/mol. The van der Waals surface area contributed by atoms with Gasteiger partial charge in [-0.15, -0.1) is 13.2 Å². The minimum Gasteiger partial charge on any atom is -0.481 e. The number of anilines is 2. The molecule has 0 radical (unpaired) electrons. The summed E-state index contributed by atoms with van der Waals surface area (Å²) in [5.41, 5.74) is 10.4. The smallest absolute Gasteiger partial charge is 0.310 e. The fourth-order valence-electron chi connectivity index (χ4n) is 9.45. The quantitative estimate of drug-likeness (QED) is 0.0494. The van der Waals surface area contributed by atoms with Crippen molar-refractivity contribution in [1.29, 1.82) is 0 Å². The standard InChI is InChI=1S/C31H41N3O4.C16H17N3O.C15H26O4/c1-8-14-22(30(37)38-31(4,5)6)24(19-20(2)3)28(35)33-27-29(36)34(7)25-18-13-12-17-23(25)26(32-27)21-15-10-9-11-16-21;1-19-13-10-6-5-9-12(13)14(18-15(17)16(19)20)11-7-3-2-4-8-11;1-7-8-11(14(18)19-15(4,5)6)12(13(16)17)9-10(2)3/h8-13,15-18,20,22,24,26-27,32H,1,14,19H2,2-7H3,(H,33,35);2-10,14-15,18H,17H2,1H3;7,10-12H,1,8-9H2,2-6H3,(H,16,17)/t22-,24+,26?,27?;;11-,12+/m0.0/s1. The summed E-state index contributed by atoms with van der Waals surface area (Å²) in [7, 11) is 3.47. The first-order valence-corrected chi connectivity index (χ1v) is 26.5. The zero-order chi connectivity index (χ0) is 57.4. The van der Waals surface area contributed by atoms with Crippen LogP contribution in [0.2, 0.25) is 0 Å². The van der Waals surface area contributed by atoms with Gasteiger partial charge in [0.15, 0.2) is 6.17 Å². The van der Waals surface area contributed by atoms with Crippen molar-refractivity contribution in [2.45, 2.75) is 131 Å². The molecule has 4 aromatic carbocycles. The molecule has 2 aliphatic heterocycles. The lowest BCUT2D eigenvalue weighted by molar-refractivity contribution is -0.167. The maximum absolute atomic E-state index is 13.8. The Balaban J connectivity index is 0.000000276. The number of rotatable bonds is 17. The lowest BCUT2D eigenvalue weighted by Crippen LogP contribution is -2.57. The summed E-state index contributed by atoms with van der Waals surface area (Å²) in [6.07, 6.45) is 3.03. The van der Waals surface area contributed by atoms with E-state index in [1.54, 1.807) is 77.6 Å². The van der Waals surface area contributed by atoms with Gasteiger partial charge < -0.3 is 35.4 Å². The number of nitrogens with two attached hydrogens (primary N) is 1. The molecular formula is C62H84N6O9. The van der Waals surface area contributed by atoms with Gasteiger partial charge in [-0.05, 0) is 113 Å². The van der Waals surface area contributed by atoms with Crippen LogP contribution in [0, 0.1) is 35.5 Å². The van der Waals surface area contributed by atoms with E-state index >= 15 is 0 Å². The van der Waals surface area contributed by atoms with Crippen LogP contribution in [0.15, 0.2) is 135 Å². The summed E-state index contributed by atoms with van der Waals surface area (Å²) in [4.78, 5) is 79.6. The fraction of sp³-hybridized carbons (Fsp3) is 0.452. The Morgan fingerprint density at radius 2 is 0.987 bits per heavy atom. The minimum atomic E-state index is -0.997. The number of ether oxygens (including phenoxy) is 2. The number of benzene rings is 4. The maximum Gasteiger partial charge on any atom is 0.310 e. The predicted molar refractivity (Wildman–Crippen MR) is 304 cm³/mol. The molecule has 0 aliphatic carbocycles. The first-order valence-electron chi connectivity index (χ1n) is 26.5. The van der Waals surface area contributed by atoms with E-state index in [1.165, 1.54) is 0 Å². The molecule has 4 unspecified atom stereocenters. The highest BCUT2D eigenvalue weighted by Crippen LogP contribution is 2.36. The number of hydrogen-bond acceptors (Lipinski definition) is 11. The number of nitrogens with one attached hydrogen (secondary N) is 3. The van der Waals surface area contributed by atoms with Crippen LogP contribution >= 0.6 is 0 Å². The highest BCUT2D eigenvalue weighted by molar-refractivity contribution is 6.01. The van der Waals surface area contributed by atoms with Crippen LogP contribution in [0.5, 0.6) is 0 Å². The molecule has 77 heavy (non-hydrogen) atoms. The second-order valence-corrected chi connectivity index (χ2v) is 22.5. The van der Waals surface area contributed by atoms with Crippen molar-refractivity contribution < 1.29 is 43.3 Å². The van der Waals surface area contributed by atoms with Gasteiger partial charge in [0.2, 0.25) is 5.91 Å². The number of carbonyl (C=O) groups is 6. The Morgan fingerprint density at radius 3 is 1.39 bits per heavy atom. The van der Waals surface area contributed by atoms with Crippen molar-refractivity contribution in [1.82, 2.24) is 16.0 Å². The van der Waals surface area contributed by atoms with Gasteiger partial charge in [0.25, 0.3) is 11.8 Å². The minimum absolute atomic E-state index is 0.0868. The number of carboxylic acids is 1. The predicted octanol–water partition coefficient (Wildman–Crippen LogP) is 9.87. The van der Waals surface area contributed by atoms with Gasteiger partial charge in [-0.25, -0.2) is 0 Å². The Kier molecular flexibility index (Phi) is 23.1. The van der Waals surface area contributed by atoms with Crippen molar-refractivity contribution in [3.05, 3.63) is 157 Å². The lowest BCUT2D eigenvalue weighted by Gasteiger charge is -2.31. The highest BCUT2D eigenvalue weighted by atomic mass is 16.6. The zero-order valence-electron chi connectivity index (χ0n) is 47.2. The van der Waals surface area contributed by atoms with Crippen LogP contribution in [0.3, 0.4) is 0 Å². The van der Waals surface area contributed by atoms with Gasteiger partial charge in [-0.1, -0.05) is 137 Å². The Labute approximate surface area is 457 Å². The molecule has 0 fully saturated rings. The van der Waals surface area contributed by atoms with Gasteiger partial charge >= 0.3 is 17.9 Å². The van der Waals surface area contributed by atoms with E-state index in [0.29, 0.717) is 25.7 Å². The van der Waals surface area contributed by atoms with Crippen LogP contribution in [-0.2, 0) is 38.2 Å². The van der Waals surface area contributed by atoms with Gasteiger partial charge in [0.05, 0.1) is 35.8 Å².